The van der Waals surface area contributed by atoms with Crippen molar-refractivity contribution in [3.05, 3.63) is 29.3 Å². The van der Waals surface area contributed by atoms with Crippen molar-refractivity contribution >= 4 is 17.5 Å². The van der Waals surface area contributed by atoms with Crippen molar-refractivity contribution in [2.24, 2.45) is 17.8 Å². The van der Waals surface area contributed by atoms with Crippen molar-refractivity contribution < 1.29 is 9.59 Å². The molecule has 25 heavy (non-hydrogen) atoms. The first kappa shape index (κ1) is 18.0. The van der Waals surface area contributed by atoms with E-state index in [0.29, 0.717) is 30.8 Å². The lowest BCUT2D eigenvalue weighted by Gasteiger charge is -2.40. The average molecular weight is 342 g/mol. The standard InChI is InChI=1S/C21H30N2O2/c1-13-7-5-9-18(15(13)3)22-21(25)17-11-20(24)23(12-17)19-10-6-8-14(2)16(19)4/h5,7,9,14,16-17,19H,6,8,10-12H2,1-4H3,(H,22,25)/t14-,16-,17+,19-/m0/s1. The maximum absolute atomic E-state index is 12.7. The normalized spacial score (nSPS) is 29.8. The molecule has 2 amide bonds. The molecule has 1 saturated carbocycles. The number of hydrogen-bond acceptors (Lipinski definition) is 2. The molecule has 3 rings (SSSR count). The number of carbonyl (C=O) groups is 2. The van der Waals surface area contributed by atoms with E-state index in [1.54, 1.807) is 0 Å². The monoisotopic (exact) mass is 342 g/mol. The highest BCUT2D eigenvalue weighted by Gasteiger charge is 2.41. The van der Waals surface area contributed by atoms with Crippen LogP contribution in [0.25, 0.3) is 0 Å². The highest BCUT2D eigenvalue weighted by molar-refractivity contribution is 5.97. The van der Waals surface area contributed by atoms with E-state index in [2.05, 4.69) is 19.2 Å². The van der Waals surface area contributed by atoms with E-state index in [1.165, 1.54) is 12.8 Å². The SMILES string of the molecule is Cc1cccc(NC(=O)[C@@H]2CC(=O)N([C@H]3CCC[C@H](C)[C@@H]3C)C2)c1C. The number of carbonyl (C=O) groups excluding carboxylic acids is 2. The zero-order valence-electron chi connectivity index (χ0n) is 15.8. The number of benzene rings is 1. The fraction of sp³-hybridized carbons (Fsp3) is 0.619. The molecule has 0 unspecified atom stereocenters. The average Bonchev–Trinajstić information content (AvgIpc) is 2.96. The quantitative estimate of drug-likeness (QED) is 0.905. The van der Waals surface area contributed by atoms with Crippen LogP contribution in [-0.2, 0) is 9.59 Å². The number of amides is 2. The molecule has 4 atom stereocenters. The fourth-order valence-corrected chi connectivity index (χ4v) is 4.34. The van der Waals surface area contributed by atoms with Crippen molar-refractivity contribution in [3.63, 3.8) is 0 Å². The van der Waals surface area contributed by atoms with Crippen LogP contribution >= 0.6 is 0 Å². The van der Waals surface area contributed by atoms with Gasteiger partial charge < -0.3 is 10.2 Å². The molecule has 1 aliphatic carbocycles. The van der Waals surface area contributed by atoms with Gasteiger partial charge >= 0.3 is 0 Å². The summed E-state index contributed by atoms with van der Waals surface area (Å²) in [6.45, 7) is 9.16. The van der Waals surface area contributed by atoms with Gasteiger partial charge in [0.05, 0.1) is 5.92 Å². The van der Waals surface area contributed by atoms with Gasteiger partial charge in [-0.15, -0.1) is 0 Å². The van der Waals surface area contributed by atoms with E-state index in [0.717, 1.165) is 23.2 Å². The first-order chi connectivity index (χ1) is 11.9. The topological polar surface area (TPSA) is 49.4 Å². The Morgan fingerprint density at radius 1 is 1.20 bits per heavy atom. The fourth-order valence-electron chi connectivity index (χ4n) is 4.34. The minimum atomic E-state index is -0.239. The van der Waals surface area contributed by atoms with Gasteiger partial charge in [-0.3, -0.25) is 9.59 Å². The van der Waals surface area contributed by atoms with Crippen molar-refractivity contribution in [2.45, 2.75) is 59.4 Å². The number of nitrogens with zero attached hydrogens (tertiary/aromatic N) is 1. The van der Waals surface area contributed by atoms with Crippen LogP contribution in [0, 0.1) is 31.6 Å². The first-order valence-electron chi connectivity index (χ1n) is 9.55. The van der Waals surface area contributed by atoms with Crippen molar-refractivity contribution in [2.75, 3.05) is 11.9 Å². The molecule has 0 radical (unpaired) electrons. The summed E-state index contributed by atoms with van der Waals surface area (Å²) in [6, 6.07) is 6.22. The van der Waals surface area contributed by atoms with E-state index in [9.17, 15) is 9.59 Å². The van der Waals surface area contributed by atoms with Crippen LogP contribution in [0.15, 0.2) is 18.2 Å². The van der Waals surface area contributed by atoms with E-state index < -0.39 is 0 Å². The number of hydrogen-bond donors (Lipinski definition) is 1. The highest BCUT2D eigenvalue weighted by atomic mass is 16.2. The Hall–Kier alpha value is -1.84. The van der Waals surface area contributed by atoms with Gasteiger partial charge in [0.15, 0.2) is 0 Å². The maximum Gasteiger partial charge on any atom is 0.229 e. The van der Waals surface area contributed by atoms with Gasteiger partial charge in [-0.1, -0.05) is 38.8 Å². The maximum atomic E-state index is 12.7. The molecule has 0 aromatic heterocycles. The van der Waals surface area contributed by atoms with Crippen LogP contribution in [0.1, 0.15) is 50.7 Å². The van der Waals surface area contributed by atoms with Gasteiger partial charge in [0.25, 0.3) is 0 Å². The number of rotatable bonds is 3. The molecule has 1 aromatic rings. The van der Waals surface area contributed by atoms with Gasteiger partial charge in [-0.05, 0) is 49.3 Å². The predicted octanol–water partition coefficient (Wildman–Crippen LogP) is 3.92. The summed E-state index contributed by atoms with van der Waals surface area (Å²) in [5, 5.41) is 3.04. The molecule has 1 heterocycles. The molecule has 2 aliphatic rings. The van der Waals surface area contributed by atoms with Crippen molar-refractivity contribution in [1.82, 2.24) is 4.90 Å². The third-order valence-electron chi connectivity index (χ3n) is 6.46. The van der Waals surface area contributed by atoms with Crippen molar-refractivity contribution in [1.29, 1.82) is 0 Å². The summed E-state index contributed by atoms with van der Waals surface area (Å²) >= 11 is 0. The molecule has 136 valence electrons. The Morgan fingerprint density at radius 3 is 2.72 bits per heavy atom. The van der Waals surface area contributed by atoms with E-state index >= 15 is 0 Å². The number of likely N-dealkylation sites (tertiary alicyclic amines) is 1. The summed E-state index contributed by atoms with van der Waals surface area (Å²) in [6.07, 6.45) is 3.84. The summed E-state index contributed by atoms with van der Waals surface area (Å²) in [5.74, 6) is 1.04. The number of anilines is 1. The van der Waals surface area contributed by atoms with E-state index in [1.807, 2.05) is 36.9 Å². The second-order valence-corrected chi connectivity index (χ2v) is 8.02. The summed E-state index contributed by atoms with van der Waals surface area (Å²) in [5.41, 5.74) is 3.11. The highest BCUT2D eigenvalue weighted by Crippen LogP contribution is 2.36. The summed E-state index contributed by atoms with van der Waals surface area (Å²) in [7, 11) is 0. The van der Waals surface area contributed by atoms with Crippen LogP contribution in [0.2, 0.25) is 0 Å². The first-order valence-corrected chi connectivity index (χ1v) is 9.55. The van der Waals surface area contributed by atoms with E-state index in [4.69, 9.17) is 0 Å². The van der Waals surface area contributed by atoms with Crippen LogP contribution in [0.3, 0.4) is 0 Å². The molecule has 1 N–H and O–H groups in total. The summed E-state index contributed by atoms with van der Waals surface area (Å²) in [4.78, 5) is 27.3. The molecule has 1 aliphatic heterocycles. The Labute approximate surface area is 151 Å². The molecule has 0 bridgehead atoms. The Balaban J connectivity index is 1.67. The third-order valence-corrected chi connectivity index (χ3v) is 6.46. The molecular formula is C21H30N2O2. The van der Waals surface area contributed by atoms with Crippen LogP contribution < -0.4 is 5.32 Å². The summed E-state index contributed by atoms with van der Waals surface area (Å²) < 4.78 is 0. The predicted molar refractivity (Wildman–Crippen MR) is 100 cm³/mol. The van der Waals surface area contributed by atoms with Crippen LogP contribution in [-0.4, -0.2) is 29.3 Å². The smallest absolute Gasteiger partial charge is 0.229 e. The molecule has 1 saturated heterocycles. The van der Waals surface area contributed by atoms with Crippen LogP contribution in [0.5, 0.6) is 0 Å². The number of aryl methyl sites for hydroxylation is 1. The Bertz CT molecular complexity index is 670. The van der Waals surface area contributed by atoms with Gasteiger partial charge in [-0.2, -0.15) is 0 Å². The Morgan fingerprint density at radius 2 is 1.96 bits per heavy atom. The van der Waals surface area contributed by atoms with Gasteiger partial charge in [0.2, 0.25) is 11.8 Å². The lowest BCUT2D eigenvalue weighted by Crippen LogP contribution is -2.45. The molecule has 2 fully saturated rings. The molecule has 4 nitrogen and oxygen atoms in total. The van der Waals surface area contributed by atoms with E-state index in [-0.39, 0.29) is 17.7 Å². The zero-order chi connectivity index (χ0) is 18.1. The second-order valence-electron chi connectivity index (χ2n) is 8.02. The molecule has 0 spiro atoms. The van der Waals surface area contributed by atoms with Gasteiger partial charge in [0.1, 0.15) is 0 Å². The van der Waals surface area contributed by atoms with Gasteiger partial charge in [0, 0.05) is 24.7 Å². The minimum absolute atomic E-state index is 0.0268. The lowest BCUT2D eigenvalue weighted by atomic mass is 9.77. The van der Waals surface area contributed by atoms with Gasteiger partial charge in [-0.25, -0.2) is 0 Å². The largest absolute Gasteiger partial charge is 0.339 e. The molecule has 1 aromatic carbocycles. The number of nitrogens with one attached hydrogen (secondary N) is 1. The second kappa shape index (κ2) is 7.19. The molecular weight excluding hydrogens is 312 g/mol. The molecule has 4 heteroatoms. The zero-order valence-corrected chi connectivity index (χ0v) is 15.8. The lowest BCUT2D eigenvalue weighted by molar-refractivity contribution is -0.131. The van der Waals surface area contributed by atoms with Crippen LogP contribution in [0.4, 0.5) is 5.69 Å². The third kappa shape index (κ3) is 3.58. The Kier molecular flexibility index (Phi) is 5.16. The minimum Gasteiger partial charge on any atom is -0.339 e. The van der Waals surface area contributed by atoms with Crippen molar-refractivity contribution in [3.8, 4) is 0 Å².